The molecule has 2 unspecified atom stereocenters. The van der Waals surface area contributed by atoms with Crippen molar-refractivity contribution in [2.45, 2.75) is 71.7 Å². The molecule has 0 aliphatic heterocycles. The van der Waals surface area contributed by atoms with E-state index < -0.39 is 23.8 Å². The molecular formula is C33H43F2N3O2. The van der Waals surface area contributed by atoms with Crippen LogP contribution in [0.3, 0.4) is 0 Å². The molecule has 0 saturated heterocycles. The molecule has 40 heavy (non-hydrogen) atoms. The van der Waals surface area contributed by atoms with E-state index in [2.05, 4.69) is 54.6 Å². The number of aryl methyl sites for hydroxylation is 2. The van der Waals surface area contributed by atoms with Gasteiger partial charge >= 0.3 is 0 Å². The maximum Gasteiger partial charge on any atom is 0.251 e. The van der Waals surface area contributed by atoms with E-state index in [9.17, 15) is 18.7 Å². The van der Waals surface area contributed by atoms with Crippen molar-refractivity contribution < 1.29 is 18.7 Å². The summed E-state index contributed by atoms with van der Waals surface area (Å²) in [5.41, 5.74) is 5.17. The Morgan fingerprint density at radius 2 is 1.68 bits per heavy atom. The van der Waals surface area contributed by atoms with E-state index in [1.54, 1.807) is 0 Å². The molecule has 7 heteroatoms. The van der Waals surface area contributed by atoms with E-state index in [1.807, 2.05) is 31.2 Å². The molecule has 2 atom stereocenters. The second kappa shape index (κ2) is 15.6. The molecule has 0 aromatic heterocycles. The van der Waals surface area contributed by atoms with E-state index in [0.717, 1.165) is 55.1 Å². The van der Waals surface area contributed by atoms with Gasteiger partial charge in [-0.2, -0.15) is 0 Å². The summed E-state index contributed by atoms with van der Waals surface area (Å²) in [5.74, 6) is -1.73. The minimum absolute atomic E-state index is 0.0764. The van der Waals surface area contributed by atoms with Crippen LogP contribution in [0.15, 0.2) is 60.7 Å². The van der Waals surface area contributed by atoms with Gasteiger partial charge in [0.15, 0.2) is 0 Å². The number of benzene rings is 3. The van der Waals surface area contributed by atoms with Crippen LogP contribution in [0.25, 0.3) is 0 Å². The van der Waals surface area contributed by atoms with Crippen LogP contribution in [0.1, 0.15) is 64.9 Å². The number of hydrogen-bond acceptors (Lipinski definition) is 4. The molecule has 0 aliphatic carbocycles. The van der Waals surface area contributed by atoms with Gasteiger partial charge in [0.1, 0.15) is 11.6 Å². The zero-order chi connectivity index (χ0) is 29.1. The van der Waals surface area contributed by atoms with Crippen molar-refractivity contribution in [3.05, 3.63) is 106 Å². The average Bonchev–Trinajstić information content (AvgIpc) is 2.90. The fourth-order valence-corrected chi connectivity index (χ4v) is 4.89. The van der Waals surface area contributed by atoms with Gasteiger partial charge < -0.3 is 20.6 Å². The standard InChI is InChI=1S/C33H43F2N3O2/c1-5-7-11-38(4)22-27-12-23(3)13-28(15-27)33(40)37-31(18-26-16-29(34)19-30(35)17-26)32(39)21-36-20-25-10-8-9-24(6-2)14-25/h8-10,12-17,19,31-32,36,39H,5-7,11,18,20-22H2,1-4H3,(H,37,40). The van der Waals surface area contributed by atoms with Gasteiger partial charge in [-0.1, -0.05) is 56.2 Å². The van der Waals surface area contributed by atoms with Gasteiger partial charge in [-0.3, -0.25) is 4.79 Å². The number of halogens is 2. The highest BCUT2D eigenvalue weighted by atomic mass is 19.1. The van der Waals surface area contributed by atoms with E-state index >= 15 is 0 Å². The molecule has 0 heterocycles. The number of hydrogen-bond donors (Lipinski definition) is 3. The van der Waals surface area contributed by atoms with E-state index in [1.165, 1.54) is 17.7 Å². The molecular weight excluding hydrogens is 508 g/mol. The van der Waals surface area contributed by atoms with Gasteiger partial charge in [-0.25, -0.2) is 8.78 Å². The summed E-state index contributed by atoms with van der Waals surface area (Å²) in [5, 5.41) is 17.3. The van der Waals surface area contributed by atoms with E-state index in [4.69, 9.17) is 0 Å². The molecule has 0 fully saturated rings. The van der Waals surface area contributed by atoms with Crippen molar-refractivity contribution in [1.29, 1.82) is 0 Å². The normalized spacial score (nSPS) is 12.9. The Labute approximate surface area is 237 Å². The van der Waals surface area contributed by atoms with Crippen LogP contribution in [0, 0.1) is 18.6 Å². The number of nitrogens with zero attached hydrogens (tertiary/aromatic N) is 1. The minimum atomic E-state index is -0.992. The summed E-state index contributed by atoms with van der Waals surface area (Å²) in [6.07, 6.45) is 2.24. The van der Waals surface area contributed by atoms with Crippen LogP contribution < -0.4 is 10.6 Å². The smallest absolute Gasteiger partial charge is 0.251 e. The summed E-state index contributed by atoms with van der Waals surface area (Å²) in [7, 11) is 2.06. The number of aliphatic hydroxyl groups is 1. The number of carbonyl (C=O) groups is 1. The number of amides is 1. The number of aliphatic hydroxyl groups excluding tert-OH is 1. The maximum absolute atomic E-state index is 13.9. The predicted octanol–water partition coefficient (Wildman–Crippen LogP) is 5.56. The van der Waals surface area contributed by atoms with Crippen LogP contribution in [0.5, 0.6) is 0 Å². The summed E-state index contributed by atoms with van der Waals surface area (Å²) in [6.45, 7) is 8.64. The SMILES string of the molecule is CCCCN(C)Cc1cc(C)cc(C(=O)NC(Cc2cc(F)cc(F)c2)C(O)CNCc2cccc(CC)c2)c1. The Morgan fingerprint density at radius 1 is 0.950 bits per heavy atom. The van der Waals surface area contributed by atoms with Crippen molar-refractivity contribution in [1.82, 2.24) is 15.5 Å². The number of carbonyl (C=O) groups excluding carboxylic acids is 1. The second-order valence-corrected chi connectivity index (χ2v) is 10.7. The third-order valence-corrected chi connectivity index (χ3v) is 6.99. The van der Waals surface area contributed by atoms with Crippen molar-refractivity contribution >= 4 is 5.91 Å². The highest BCUT2D eigenvalue weighted by Crippen LogP contribution is 2.16. The highest BCUT2D eigenvalue weighted by molar-refractivity contribution is 5.94. The number of nitrogens with one attached hydrogen (secondary N) is 2. The fourth-order valence-electron chi connectivity index (χ4n) is 4.89. The molecule has 3 aromatic rings. The summed E-state index contributed by atoms with van der Waals surface area (Å²) >= 11 is 0. The van der Waals surface area contributed by atoms with Crippen LogP contribution in [0.4, 0.5) is 8.78 Å². The van der Waals surface area contributed by atoms with Crippen LogP contribution in [-0.4, -0.2) is 48.2 Å². The molecule has 5 nitrogen and oxygen atoms in total. The summed E-state index contributed by atoms with van der Waals surface area (Å²) < 4.78 is 27.8. The fraction of sp³-hybridized carbons (Fsp3) is 0.424. The van der Waals surface area contributed by atoms with E-state index in [0.29, 0.717) is 17.7 Å². The lowest BCUT2D eigenvalue weighted by molar-refractivity contribution is 0.0829. The van der Waals surface area contributed by atoms with Crippen molar-refractivity contribution in [2.24, 2.45) is 0 Å². The Kier molecular flexibility index (Phi) is 12.2. The zero-order valence-electron chi connectivity index (χ0n) is 24.1. The number of rotatable bonds is 15. The van der Waals surface area contributed by atoms with Crippen LogP contribution in [0.2, 0.25) is 0 Å². The predicted molar refractivity (Wildman–Crippen MR) is 157 cm³/mol. The lowest BCUT2D eigenvalue weighted by atomic mass is 9.99. The molecule has 3 N–H and O–H groups in total. The molecule has 0 saturated carbocycles. The van der Waals surface area contributed by atoms with Crippen molar-refractivity contribution in [3.63, 3.8) is 0 Å². The second-order valence-electron chi connectivity index (χ2n) is 10.7. The average molecular weight is 552 g/mol. The monoisotopic (exact) mass is 551 g/mol. The first-order chi connectivity index (χ1) is 19.2. The Balaban J connectivity index is 1.74. The van der Waals surface area contributed by atoms with Crippen molar-refractivity contribution in [2.75, 3.05) is 20.1 Å². The van der Waals surface area contributed by atoms with Gasteiger partial charge in [-0.05, 0) is 86.3 Å². The zero-order valence-corrected chi connectivity index (χ0v) is 24.1. The maximum atomic E-state index is 13.9. The summed E-state index contributed by atoms with van der Waals surface area (Å²) in [4.78, 5) is 15.6. The first-order valence-electron chi connectivity index (χ1n) is 14.2. The minimum Gasteiger partial charge on any atom is -0.390 e. The first kappa shape index (κ1) is 31.4. The summed E-state index contributed by atoms with van der Waals surface area (Å²) in [6, 6.07) is 16.5. The van der Waals surface area contributed by atoms with Gasteiger partial charge in [0.25, 0.3) is 5.91 Å². The molecule has 3 aromatic carbocycles. The molecule has 216 valence electrons. The third kappa shape index (κ3) is 10.1. The van der Waals surface area contributed by atoms with Gasteiger partial charge in [0, 0.05) is 31.3 Å². The largest absolute Gasteiger partial charge is 0.390 e. The third-order valence-electron chi connectivity index (χ3n) is 6.99. The van der Waals surface area contributed by atoms with Crippen LogP contribution >= 0.6 is 0 Å². The lowest BCUT2D eigenvalue weighted by Crippen LogP contribution is -2.48. The first-order valence-corrected chi connectivity index (χ1v) is 14.2. The molecule has 1 amide bonds. The molecule has 0 radical (unpaired) electrons. The quantitative estimate of drug-likeness (QED) is 0.232. The van der Waals surface area contributed by atoms with Gasteiger partial charge in [0.2, 0.25) is 0 Å². The Bertz CT molecular complexity index is 1230. The molecule has 0 spiro atoms. The topological polar surface area (TPSA) is 64.6 Å². The Hall–Kier alpha value is -3.13. The highest BCUT2D eigenvalue weighted by Gasteiger charge is 2.23. The number of unbranched alkanes of at least 4 members (excludes halogenated alkanes) is 1. The molecule has 0 bridgehead atoms. The molecule has 3 rings (SSSR count). The van der Waals surface area contributed by atoms with E-state index in [-0.39, 0.29) is 18.9 Å². The van der Waals surface area contributed by atoms with Gasteiger partial charge in [-0.15, -0.1) is 0 Å². The molecule has 0 aliphatic rings. The Morgan fingerprint density at radius 3 is 2.38 bits per heavy atom. The van der Waals surface area contributed by atoms with Crippen molar-refractivity contribution in [3.8, 4) is 0 Å². The lowest BCUT2D eigenvalue weighted by Gasteiger charge is -2.25. The van der Waals surface area contributed by atoms with Crippen LogP contribution in [-0.2, 0) is 25.9 Å². The van der Waals surface area contributed by atoms with Gasteiger partial charge in [0.05, 0.1) is 12.1 Å².